The second kappa shape index (κ2) is 9.46. The van der Waals surface area contributed by atoms with Gasteiger partial charge >= 0.3 is 0 Å². The number of rotatable bonds is 8. The van der Waals surface area contributed by atoms with Gasteiger partial charge in [-0.15, -0.1) is 11.3 Å². The number of carbonyl (C=O) groups is 1. The molecule has 28 heavy (non-hydrogen) atoms. The average molecular weight is 396 g/mol. The molecule has 2 aromatic heterocycles. The number of hydrogen-bond acceptors (Lipinski definition) is 5. The Hall–Kier alpha value is -2.73. The van der Waals surface area contributed by atoms with Crippen LogP contribution in [0.4, 0.5) is 0 Å². The van der Waals surface area contributed by atoms with Crippen LogP contribution in [-0.2, 0) is 11.2 Å². The van der Waals surface area contributed by atoms with Gasteiger partial charge in [-0.1, -0.05) is 26.0 Å². The van der Waals surface area contributed by atoms with Crippen molar-refractivity contribution in [1.82, 2.24) is 15.3 Å². The number of amides is 1. The predicted molar refractivity (Wildman–Crippen MR) is 113 cm³/mol. The first kappa shape index (κ1) is 20.0. The number of methoxy groups -OCH3 is 1. The number of thiazole rings is 1. The molecule has 0 spiro atoms. The number of carbonyl (C=O) groups excluding carboxylic acids is 1. The highest BCUT2D eigenvalue weighted by Gasteiger charge is 2.24. The Morgan fingerprint density at radius 3 is 2.50 bits per heavy atom. The van der Waals surface area contributed by atoms with Crippen LogP contribution in [0.2, 0.25) is 0 Å². The molecule has 1 amide bonds. The molecule has 1 atom stereocenters. The van der Waals surface area contributed by atoms with Crippen molar-refractivity contribution in [2.24, 2.45) is 5.92 Å². The van der Waals surface area contributed by atoms with E-state index in [-0.39, 0.29) is 17.7 Å². The van der Waals surface area contributed by atoms with Gasteiger partial charge in [0.1, 0.15) is 10.8 Å². The summed E-state index contributed by atoms with van der Waals surface area (Å²) in [5.74, 6) is 0.852. The predicted octanol–water partition coefficient (Wildman–Crippen LogP) is 4.31. The highest BCUT2D eigenvalue weighted by atomic mass is 32.1. The van der Waals surface area contributed by atoms with Crippen LogP contribution >= 0.6 is 11.3 Å². The van der Waals surface area contributed by atoms with Crippen LogP contribution < -0.4 is 10.1 Å². The van der Waals surface area contributed by atoms with E-state index in [1.54, 1.807) is 30.8 Å². The summed E-state index contributed by atoms with van der Waals surface area (Å²) >= 11 is 1.61. The van der Waals surface area contributed by atoms with Crippen LogP contribution in [0.3, 0.4) is 0 Å². The fourth-order valence-corrected chi connectivity index (χ4v) is 3.98. The average Bonchev–Trinajstić information content (AvgIpc) is 3.18. The van der Waals surface area contributed by atoms with Gasteiger partial charge in [0.15, 0.2) is 0 Å². The topological polar surface area (TPSA) is 64.1 Å². The minimum Gasteiger partial charge on any atom is -0.497 e. The van der Waals surface area contributed by atoms with Crippen molar-refractivity contribution in [2.75, 3.05) is 13.7 Å². The summed E-state index contributed by atoms with van der Waals surface area (Å²) in [4.78, 5) is 21.5. The molecule has 0 bridgehead atoms. The summed E-state index contributed by atoms with van der Waals surface area (Å²) in [5.41, 5.74) is 3.05. The second-order valence-corrected chi connectivity index (χ2v) is 7.77. The molecule has 0 aliphatic rings. The smallest absolute Gasteiger partial charge is 0.227 e. The van der Waals surface area contributed by atoms with Crippen LogP contribution in [0.5, 0.6) is 5.75 Å². The van der Waals surface area contributed by atoms with Crippen molar-refractivity contribution in [3.63, 3.8) is 0 Å². The standard InChI is InChI=1S/C22H25N3O2S/c1-15(2)20(16-4-6-19(27-3)7-5-16)21(26)24-13-10-18-14-28-22(25-18)17-8-11-23-12-9-17/h4-9,11-12,14-15,20H,10,13H2,1-3H3,(H,24,26). The minimum atomic E-state index is -0.186. The van der Waals surface area contributed by atoms with Gasteiger partial charge in [0.2, 0.25) is 5.91 Å². The lowest BCUT2D eigenvalue weighted by Crippen LogP contribution is -2.33. The van der Waals surface area contributed by atoms with Crippen molar-refractivity contribution in [1.29, 1.82) is 0 Å². The van der Waals surface area contributed by atoms with Gasteiger partial charge in [0.05, 0.1) is 18.7 Å². The van der Waals surface area contributed by atoms with Crippen LogP contribution in [0.25, 0.3) is 10.6 Å². The van der Waals surface area contributed by atoms with E-state index in [1.807, 2.05) is 41.8 Å². The third-order valence-corrected chi connectivity index (χ3v) is 5.52. The Balaban J connectivity index is 1.58. The molecule has 3 aromatic rings. The summed E-state index contributed by atoms with van der Waals surface area (Å²) in [6.45, 7) is 4.70. The number of ether oxygens (including phenoxy) is 1. The molecule has 1 N–H and O–H groups in total. The Labute approximate surface area is 169 Å². The van der Waals surface area contributed by atoms with Crippen molar-refractivity contribution in [3.8, 4) is 16.3 Å². The van der Waals surface area contributed by atoms with E-state index >= 15 is 0 Å². The fraction of sp³-hybridized carbons (Fsp3) is 0.318. The van der Waals surface area contributed by atoms with Gasteiger partial charge in [-0.2, -0.15) is 0 Å². The molecule has 0 aliphatic carbocycles. The van der Waals surface area contributed by atoms with Crippen molar-refractivity contribution in [3.05, 3.63) is 65.4 Å². The Morgan fingerprint density at radius 2 is 1.86 bits per heavy atom. The van der Waals surface area contributed by atoms with Gasteiger partial charge in [-0.25, -0.2) is 4.98 Å². The Kier molecular flexibility index (Phi) is 6.76. The quantitative estimate of drug-likeness (QED) is 0.617. The number of nitrogens with one attached hydrogen (secondary N) is 1. The number of aromatic nitrogens is 2. The normalized spacial score (nSPS) is 12.0. The van der Waals surface area contributed by atoms with Gasteiger partial charge in [-0.3, -0.25) is 9.78 Å². The lowest BCUT2D eigenvalue weighted by atomic mass is 9.87. The number of pyridine rings is 1. The molecular formula is C22H25N3O2S. The van der Waals surface area contributed by atoms with Crippen LogP contribution in [-0.4, -0.2) is 29.5 Å². The summed E-state index contributed by atoms with van der Waals surface area (Å²) in [6.07, 6.45) is 4.24. The van der Waals surface area contributed by atoms with Crippen LogP contribution in [0.15, 0.2) is 54.2 Å². The second-order valence-electron chi connectivity index (χ2n) is 6.92. The monoisotopic (exact) mass is 395 g/mol. The lowest BCUT2D eigenvalue weighted by Gasteiger charge is -2.21. The molecule has 146 valence electrons. The molecule has 3 rings (SSSR count). The maximum atomic E-state index is 12.8. The van der Waals surface area contributed by atoms with Gasteiger partial charge in [0, 0.05) is 36.3 Å². The summed E-state index contributed by atoms with van der Waals surface area (Å²) in [5, 5.41) is 6.09. The largest absolute Gasteiger partial charge is 0.497 e. The third kappa shape index (κ3) is 4.95. The SMILES string of the molecule is COc1ccc(C(C(=O)NCCc2csc(-c3ccncc3)n2)C(C)C)cc1. The molecule has 1 aromatic carbocycles. The number of hydrogen-bond donors (Lipinski definition) is 1. The van der Waals surface area contributed by atoms with E-state index < -0.39 is 0 Å². The zero-order valence-corrected chi connectivity index (χ0v) is 17.2. The highest BCUT2D eigenvalue weighted by Crippen LogP contribution is 2.27. The highest BCUT2D eigenvalue weighted by molar-refractivity contribution is 7.13. The molecular weight excluding hydrogens is 370 g/mol. The first-order valence-electron chi connectivity index (χ1n) is 9.35. The molecule has 0 saturated heterocycles. The molecule has 6 heteroatoms. The van der Waals surface area contributed by atoms with Gasteiger partial charge in [-0.05, 0) is 35.7 Å². The molecule has 0 radical (unpaired) electrons. The number of benzene rings is 1. The Morgan fingerprint density at radius 1 is 1.14 bits per heavy atom. The van der Waals surface area contributed by atoms with Gasteiger partial charge < -0.3 is 10.1 Å². The molecule has 0 fully saturated rings. The van der Waals surface area contributed by atoms with Crippen molar-refractivity contribution in [2.45, 2.75) is 26.2 Å². The number of nitrogens with zero attached hydrogens (tertiary/aromatic N) is 2. The van der Waals surface area contributed by atoms with E-state index in [1.165, 1.54) is 0 Å². The molecule has 5 nitrogen and oxygen atoms in total. The van der Waals surface area contributed by atoms with E-state index in [4.69, 9.17) is 4.74 Å². The molecule has 2 heterocycles. The summed E-state index contributed by atoms with van der Waals surface area (Å²) < 4.78 is 5.21. The zero-order valence-electron chi connectivity index (χ0n) is 16.4. The molecule has 0 saturated carbocycles. The van der Waals surface area contributed by atoms with E-state index in [9.17, 15) is 4.79 Å². The first-order chi connectivity index (χ1) is 13.6. The molecule has 0 aliphatic heterocycles. The van der Waals surface area contributed by atoms with Crippen molar-refractivity contribution < 1.29 is 9.53 Å². The lowest BCUT2D eigenvalue weighted by molar-refractivity contribution is -0.123. The molecule has 1 unspecified atom stereocenters. The minimum absolute atomic E-state index is 0.0461. The van der Waals surface area contributed by atoms with Crippen LogP contribution in [0, 0.1) is 5.92 Å². The van der Waals surface area contributed by atoms with E-state index in [0.29, 0.717) is 13.0 Å². The Bertz CT molecular complexity index is 892. The van der Waals surface area contributed by atoms with E-state index in [2.05, 4.69) is 29.1 Å². The summed E-state index contributed by atoms with van der Waals surface area (Å²) in [7, 11) is 1.64. The summed E-state index contributed by atoms with van der Waals surface area (Å²) in [6, 6.07) is 11.6. The van der Waals surface area contributed by atoms with E-state index in [0.717, 1.165) is 27.6 Å². The maximum absolute atomic E-state index is 12.8. The third-order valence-electron chi connectivity index (χ3n) is 4.58. The zero-order chi connectivity index (χ0) is 19.9. The maximum Gasteiger partial charge on any atom is 0.227 e. The van der Waals surface area contributed by atoms with Gasteiger partial charge in [0.25, 0.3) is 0 Å². The first-order valence-corrected chi connectivity index (χ1v) is 10.2. The van der Waals surface area contributed by atoms with Crippen LogP contribution in [0.1, 0.15) is 31.0 Å². The van der Waals surface area contributed by atoms with Crippen molar-refractivity contribution >= 4 is 17.2 Å². The fourth-order valence-electron chi connectivity index (χ4n) is 3.12.